The van der Waals surface area contributed by atoms with Crippen LogP contribution in [0.4, 0.5) is 9.57 Å². The van der Waals surface area contributed by atoms with Gasteiger partial charge >= 0.3 is 10.2 Å². The second kappa shape index (κ2) is 5.16. The molecule has 1 aromatic rings. The van der Waals surface area contributed by atoms with Crippen LogP contribution in [-0.4, -0.2) is 33.7 Å². The Kier molecular flexibility index (Phi) is 3.75. The molecule has 7 heteroatoms. The number of amides is 1. The van der Waals surface area contributed by atoms with Gasteiger partial charge in [0.1, 0.15) is 5.75 Å². The molecule has 5 nitrogen and oxygen atoms in total. The minimum Gasteiger partial charge on any atom is -0.495 e. The molecule has 0 radical (unpaired) electrons. The van der Waals surface area contributed by atoms with E-state index in [0.717, 1.165) is 0 Å². The predicted octanol–water partition coefficient (Wildman–Crippen LogP) is 1.35. The van der Waals surface area contributed by atoms with E-state index >= 15 is 0 Å². The number of para-hydroxylation sites is 2. The molecule has 1 atom stereocenters. The van der Waals surface area contributed by atoms with Gasteiger partial charge in [0.05, 0.1) is 18.6 Å². The van der Waals surface area contributed by atoms with E-state index in [4.69, 9.17) is 4.74 Å². The summed E-state index contributed by atoms with van der Waals surface area (Å²) in [4.78, 5) is 13.3. The normalized spacial score (nSPS) is 19.8. The maximum Gasteiger partial charge on any atom is 0.302 e. The quantitative estimate of drug-likeness (QED) is 0.784. The van der Waals surface area contributed by atoms with Gasteiger partial charge in [0.25, 0.3) is 0 Å². The molecule has 0 bridgehead atoms. The van der Waals surface area contributed by atoms with Gasteiger partial charge in [0.15, 0.2) is 0 Å². The largest absolute Gasteiger partial charge is 0.495 e. The average Bonchev–Trinajstić information content (AvgIpc) is 2.67. The molecule has 2 rings (SSSR count). The third kappa shape index (κ3) is 3.23. The molecule has 104 valence electrons. The molecule has 0 saturated carbocycles. The van der Waals surface area contributed by atoms with E-state index in [0.29, 0.717) is 11.4 Å². The van der Waals surface area contributed by atoms with Crippen molar-refractivity contribution in [1.29, 1.82) is 0 Å². The summed E-state index contributed by atoms with van der Waals surface area (Å²) in [5.41, 5.74) is 0.578. The molecule has 1 heterocycles. The Morgan fingerprint density at radius 3 is 2.74 bits per heavy atom. The van der Waals surface area contributed by atoms with Crippen LogP contribution < -0.4 is 9.64 Å². The summed E-state index contributed by atoms with van der Waals surface area (Å²) in [6, 6.07) is 6.95. The molecule has 1 aliphatic rings. The zero-order chi connectivity index (χ0) is 14.0. The Morgan fingerprint density at radius 1 is 1.42 bits per heavy atom. The Labute approximate surface area is 111 Å². The van der Waals surface area contributed by atoms with Crippen molar-refractivity contribution in [3.05, 3.63) is 24.3 Å². The highest BCUT2D eigenvalue weighted by atomic mass is 32.3. The summed E-state index contributed by atoms with van der Waals surface area (Å²) in [6.45, 7) is 0.183. The summed E-state index contributed by atoms with van der Waals surface area (Å²) in [6.07, 6.45) is 0.0290. The molecule has 1 aliphatic heterocycles. The maximum absolute atomic E-state index is 12.7. The lowest BCUT2D eigenvalue weighted by Gasteiger charge is -2.19. The summed E-state index contributed by atoms with van der Waals surface area (Å²) in [5.74, 6) is -0.838. The molecule has 0 N–H and O–H groups in total. The minimum absolute atomic E-state index is 0.0290. The lowest BCUT2D eigenvalue weighted by Crippen LogP contribution is -2.25. The number of carbonyl (C=O) groups excluding carboxylic acids is 1. The maximum atomic E-state index is 12.7. The van der Waals surface area contributed by atoms with Crippen molar-refractivity contribution in [2.45, 2.75) is 6.42 Å². The second-order valence-corrected chi connectivity index (χ2v) is 5.86. The van der Waals surface area contributed by atoms with Gasteiger partial charge in [-0.1, -0.05) is 12.1 Å². The van der Waals surface area contributed by atoms with Crippen LogP contribution in [0.1, 0.15) is 6.42 Å². The van der Waals surface area contributed by atoms with Crippen LogP contribution in [-0.2, 0) is 15.0 Å². The van der Waals surface area contributed by atoms with E-state index < -0.39 is 21.9 Å². The number of hydrogen-bond donors (Lipinski definition) is 0. The van der Waals surface area contributed by atoms with Crippen LogP contribution in [0.3, 0.4) is 0 Å². The van der Waals surface area contributed by atoms with E-state index in [9.17, 15) is 17.1 Å². The molecular formula is C12H14FNO4S. The lowest BCUT2D eigenvalue weighted by atomic mass is 10.1. The van der Waals surface area contributed by atoms with E-state index in [1.54, 1.807) is 24.3 Å². The van der Waals surface area contributed by atoms with Crippen LogP contribution in [0.2, 0.25) is 0 Å². The lowest BCUT2D eigenvalue weighted by molar-refractivity contribution is -0.117. The van der Waals surface area contributed by atoms with Gasteiger partial charge in [0, 0.05) is 18.9 Å². The van der Waals surface area contributed by atoms with Crippen molar-refractivity contribution in [1.82, 2.24) is 0 Å². The van der Waals surface area contributed by atoms with Crippen LogP contribution in [0.5, 0.6) is 5.75 Å². The average molecular weight is 287 g/mol. The first-order valence-electron chi connectivity index (χ1n) is 5.76. The third-order valence-corrected chi connectivity index (χ3v) is 3.89. The molecule has 0 aromatic heterocycles. The van der Waals surface area contributed by atoms with Crippen molar-refractivity contribution >= 4 is 21.8 Å². The fraction of sp³-hybridized carbons (Fsp3) is 0.417. The molecular weight excluding hydrogens is 273 g/mol. The fourth-order valence-electron chi connectivity index (χ4n) is 2.26. The van der Waals surface area contributed by atoms with E-state index in [1.807, 2.05) is 0 Å². The van der Waals surface area contributed by atoms with Crippen LogP contribution in [0, 0.1) is 5.92 Å². The van der Waals surface area contributed by atoms with Gasteiger partial charge in [-0.05, 0) is 12.1 Å². The zero-order valence-corrected chi connectivity index (χ0v) is 11.2. The SMILES string of the molecule is COc1ccccc1N1CC(CS(=O)(=O)F)CC1=O. The summed E-state index contributed by atoms with van der Waals surface area (Å²) < 4.78 is 39.1. The first kappa shape index (κ1) is 13.8. The van der Waals surface area contributed by atoms with E-state index in [-0.39, 0.29) is 18.9 Å². The number of carbonyl (C=O) groups is 1. The van der Waals surface area contributed by atoms with Crippen molar-refractivity contribution in [2.24, 2.45) is 5.92 Å². The van der Waals surface area contributed by atoms with Crippen LogP contribution in [0.15, 0.2) is 24.3 Å². The first-order valence-corrected chi connectivity index (χ1v) is 7.31. The number of hydrogen-bond acceptors (Lipinski definition) is 4. The number of benzene rings is 1. The van der Waals surface area contributed by atoms with Crippen molar-refractivity contribution in [3.8, 4) is 5.75 Å². The van der Waals surface area contributed by atoms with Crippen molar-refractivity contribution in [3.63, 3.8) is 0 Å². The van der Waals surface area contributed by atoms with Crippen molar-refractivity contribution < 1.29 is 21.8 Å². The predicted molar refractivity (Wildman–Crippen MR) is 68.3 cm³/mol. The number of nitrogens with zero attached hydrogens (tertiary/aromatic N) is 1. The third-order valence-electron chi connectivity index (χ3n) is 3.02. The molecule has 0 aliphatic carbocycles. The first-order chi connectivity index (χ1) is 8.90. The summed E-state index contributed by atoms with van der Waals surface area (Å²) in [5, 5.41) is 0. The Hall–Kier alpha value is -1.63. The highest BCUT2D eigenvalue weighted by Crippen LogP contribution is 2.33. The Bertz CT molecular complexity index is 587. The summed E-state index contributed by atoms with van der Waals surface area (Å²) in [7, 11) is -3.07. The van der Waals surface area contributed by atoms with Gasteiger partial charge in [-0.15, -0.1) is 3.89 Å². The zero-order valence-electron chi connectivity index (χ0n) is 10.4. The number of halogens is 1. The monoisotopic (exact) mass is 287 g/mol. The second-order valence-electron chi connectivity index (χ2n) is 4.45. The molecule has 1 unspecified atom stereocenters. The standard InChI is InChI=1S/C12H14FNO4S/c1-18-11-5-3-2-4-10(11)14-7-9(6-12(14)15)8-19(13,16)17/h2-5,9H,6-8H2,1H3. The van der Waals surface area contributed by atoms with Gasteiger partial charge in [-0.25, -0.2) is 0 Å². The van der Waals surface area contributed by atoms with Crippen LogP contribution >= 0.6 is 0 Å². The molecule has 1 amide bonds. The highest BCUT2D eigenvalue weighted by molar-refractivity contribution is 7.86. The molecule has 1 saturated heterocycles. The molecule has 1 fully saturated rings. The van der Waals surface area contributed by atoms with E-state index in [2.05, 4.69) is 0 Å². The minimum atomic E-state index is -4.56. The number of ether oxygens (including phenoxy) is 1. The topological polar surface area (TPSA) is 63.7 Å². The fourth-order valence-corrected chi connectivity index (χ4v) is 3.05. The number of methoxy groups -OCH3 is 1. The molecule has 1 aromatic carbocycles. The Balaban J connectivity index is 2.20. The molecule has 19 heavy (non-hydrogen) atoms. The van der Waals surface area contributed by atoms with Gasteiger partial charge in [-0.3, -0.25) is 4.79 Å². The highest BCUT2D eigenvalue weighted by Gasteiger charge is 2.34. The van der Waals surface area contributed by atoms with E-state index in [1.165, 1.54) is 12.0 Å². The van der Waals surface area contributed by atoms with Crippen molar-refractivity contribution in [2.75, 3.05) is 24.3 Å². The summed E-state index contributed by atoms with van der Waals surface area (Å²) >= 11 is 0. The number of anilines is 1. The van der Waals surface area contributed by atoms with Crippen LogP contribution in [0.25, 0.3) is 0 Å². The Morgan fingerprint density at radius 2 is 2.11 bits per heavy atom. The van der Waals surface area contributed by atoms with Gasteiger partial charge in [0.2, 0.25) is 5.91 Å². The van der Waals surface area contributed by atoms with Gasteiger partial charge in [-0.2, -0.15) is 8.42 Å². The molecule has 0 spiro atoms. The number of rotatable bonds is 4. The van der Waals surface area contributed by atoms with Gasteiger partial charge < -0.3 is 9.64 Å². The smallest absolute Gasteiger partial charge is 0.302 e.